The van der Waals surface area contributed by atoms with Gasteiger partial charge in [0.15, 0.2) is 0 Å². The maximum atomic E-state index is 13.0. The van der Waals surface area contributed by atoms with Crippen molar-refractivity contribution in [3.8, 4) is 0 Å². The fourth-order valence-corrected chi connectivity index (χ4v) is 4.41. The molecule has 6 nitrogen and oxygen atoms in total. The molecular formula is C20H22N4O2S. The summed E-state index contributed by atoms with van der Waals surface area (Å²) in [6.45, 7) is 3.31. The molecule has 1 unspecified atom stereocenters. The normalized spacial score (nSPS) is 16.4. The molecule has 1 aliphatic rings. The summed E-state index contributed by atoms with van der Waals surface area (Å²) in [6, 6.07) is 9.91. The van der Waals surface area contributed by atoms with Gasteiger partial charge in [0, 0.05) is 43.9 Å². The molecule has 1 aliphatic heterocycles. The zero-order valence-corrected chi connectivity index (χ0v) is 16.1. The molecular weight excluding hydrogens is 360 g/mol. The lowest BCUT2D eigenvalue weighted by molar-refractivity contribution is -0.132. The van der Waals surface area contributed by atoms with Gasteiger partial charge in [-0.3, -0.25) is 4.79 Å². The van der Waals surface area contributed by atoms with Gasteiger partial charge in [0.05, 0.1) is 10.9 Å². The highest BCUT2D eigenvalue weighted by Crippen LogP contribution is 2.32. The molecule has 0 N–H and O–H groups in total. The number of hydrogen-bond acceptors (Lipinski definition) is 6. The summed E-state index contributed by atoms with van der Waals surface area (Å²) in [4.78, 5) is 19.4. The molecule has 4 rings (SSSR count). The van der Waals surface area contributed by atoms with E-state index in [1.54, 1.807) is 18.3 Å². The van der Waals surface area contributed by atoms with E-state index < -0.39 is 0 Å². The lowest BCUT2D eigenvalue weighted by Gasteiger charge is -2.32. The molecule has 0 aliphatic carbocycles. The van der Waals surface area contributed by atoms with Crippen molar-refractivity contribution in [1.29, 1.82) is 0 Å². The van der Waals surface area contributed by atoms with Crippen LogP contribution < -0.4 is 0 Å². The fraction of sp³-hybridized carbons (Fsp3) is 0.400. The fourth-order valence-electron chi connectivity index (χ4n) is 3.60. The molecule has 2 aromatic heterocycles. The number of likely N-dealkylation sites (tertiary alicyclic amines) is 1. The second-order valence-corrected chi connectivity index (χ2v) is 7.78. The van der Waals surface area contributed by atoms with Crippen molar-refractivity contribution in [3.05, 3.63) is 64.3 Å². The van der Waals surface area contributed by atoms with Gasteiger partial charge < -0.3 is 9.32 Å². The number of carbonyl (C=O) groups excluding carboxylic acids is 1. The SMILES string of the molecule is Cc1nnc(C(CC(=O)N2CCC(c3nccs3)CC2)c2ccccc2)o1. The average molecular weight is 382 g/mol. The zero-order chi connectivity index (χ0) is 18.6. The average Bonchev–Trinajstić information content (AvgIpc) is 3.39. The molecule has 1 amide bonds. The van der Waals surface area contributed by atoms with Crippen molar-refractivity contribution in [2.75, 3.05) is 13.1 Å². The number of aromatic nitrogens is 3. The summed E-state index contributed by atoms with van der Waals surface area (Å²) >= 11 is 1.70. The first-order chi connectivity index (χ1) is 13.2. The van der Waals surface area contributed by atoms with Crippen LogP contribution in [0.3, 0.4) is 0 Å². The monoisotopic (exact) mass is 382 g/mol. The maximum absolute atomic E-state index is 13.0. The molecule has 0 spiro atoms. The molecule has 0 radical (unpaired) electrons. The molecule has 3 aromatic rings. The number of benzene rings is 1. The molecule has 1 atom stereocenters. The first-order valence-electron chi connectivity index (χ1n) is 9.23. The first-order valence-corrected chi connectivity index (χ1v) is 10.1. The Balaban J connectivity index is 1.45. The molecule has 0 saturated carbocycles. The number of rotatable bonds is 5. The van der Waals surface area contributed by atoms with Gasteiger partial charge in [0.25, 0.3) is 0 Å². The Kier molecular flexibility index (Phi) is 5.29. The van der Waals surface area contributed by atoms with E-state index in [9.17, 15) is 4.79 Å². The Labute approximate surface area is 162 Å². The summed E-state index contributed by atoms with van der Waals surface area (Å²) in [5.74, 6) is 1.42. The van der Waals surface area contributed by atoms with Gasteiger partial charge in [-0.05, 0) is 18.4 Å². The van der Waals surface area contributed by atoms with Crippen LogP contribution in [0, 0.1) is 6.92 Å². The summed E-state index contributed by atoms with van der Waals surface area (Å²) in [6.07, 6.45) is 4.13. The third-order valence-corrected chi connectivity index (χ3v) is 6.01. The van der Waals surface area contributed by atoms with Crippen molar-refractivity contribution in [2.24, 2.45) is 0 Å². The number of hydrogen-bond donors (Lipinski definition) is 0. The minimum Gasteiger partial charge on any atom is -0.425 e. The second kappa shape index (κ2) is 8.00. The van der Waals surface area contributed by atoms with E-state index in [2.05, 4.69) is 15.2 Å². The number of aryl methyl sites for hydroxylation is 1. The topological polar surface area (TPSA) is 72.1 Å². The minimum absolute atomic E-state index is 0.136. The van der Waals surface area contributed by atoms with Crippen LogP contribution in [-0.2, 0) is 4.79 Å². The van der Waals surface area contributed by atoms with Crippen molar-refractivity contribution in [1.82, 2.24) is 20.1 Å². The van der Waals surface area contributed by atoms with E-state index in [-0.39, 0.29) is 11.8 Å². The smallest absolute Gasteiger partial charge is 0.224 e. The van der Waals surface area contributed by atoms with Crippen molar-refractivity contribution < 1.29 is 9.21 Å². The molecule has 1 aromatic carbocycles. The van der Waals surface area contributed by atoms with Gasteiger partial charge in [0.2, 0.25) is 17.7 Å². The number of nitrogens with zero attached hydrogens (tertiary/aromatic N) is 4. The highest BCUT2D eigenvalue weighted by Gasteiger charge is 2.29. The van der Waals surface area contributed by atoms with Crippen LogP contribution in [-0.4, -0.2) is 39.1 Å². The molecule has 3 heterocycles. The van der Waals surface area contributed by atoms with E-state index in [1.165, 1.54) is 5.01 Å². The number of piperidine rings is 1. The van der Waals surface area contributed by atoms with Gasteiger partial charge >= 0.3 is 0 Å². The van der Waals surface area contributed by atoms with Crippen molar-refractivity contribution in [3.63, 3.8) is 0 Å². The molecule has 0 bridgehead atoms. The first kappa shape index (κ1) is 17.9. The van der Waals surface area contributed by atoms with Crippen LogP contribution in [0.4, 0.5) is 0 Å². The largest absolute Gasteiger partial charge is 0.425 e. The lowest BCUT2D eigenvalue weighted by atomic mass is 9.93. The molecule has 140 valence electrons. The molecule has 1 fully saturated rings. The second-order valence-electron chi connectivity index (χ2n) is 6.85. The standard InChI is InChI=1S/C20H22N4O2S/c1-14-22-23-19(26-14)17(15-5-3-2-4-6-15)13-18(25)24-10-7-16(8-11-24)20-21-9-12-27-20/h2-6,9,12,16-17H,7-8,10-11,13H2,1H3. The Hall–Kier alpha value is -2.54. The van der Waals surface area contributed by atoms with E-state index in [4.69, 9.17) is 4.42 Å². The Morgan fingerprint density at radius 2 is 2.04 bits per heavy atom. The van der Waals surface area contributed by atoms with Crippen LogP contribution in [0.15, 0.2) is 46.3 Å². The summed E-state index contributed by atoms with van der Waals surface area (Å²) < 4.78 is 5.65. The summed E-state index contributed by atoms with van der Waals surface area (Å²) in [7, 11) is 0. The molecule has 7 heteroatoms. The Morgan fingerprint density at radius 1 is 1.26 bits per heavy atom. The van der Waals surface area contributed by atoms with Gasteiger partial charge in [-0.2, -0.15) is 0 Å². The molecule has 1 saturated heterocycles. The number of thiazole rings is 1. The Bertz CT molecular complexity index is 871. The predicted molar refractivity (Wildman–Crippen MR) is 103 cm³/mol. The third kappa shape index (κ3) is 4.08. The number of carbonyl (C=O) groups is 1. The van der Waals surface area contributed by atoms with Crippen LogP contribution in [0.2, 0.25) is 0 Å². The Morgan fingerprint density at radius 3 is 2.67 bits per heavy atom. The van der Waals surface area contributed by atoms with Crippen LogP contribution in [0.5, 0.6) is 0 Å². The number of amides is 1. The minimum atomic E-state index is -0.211. The third-order valence-electron chi connectivity index (χ3n) is 5.07. The van der Waals surface area contributed by atoms with Crippen LogP contribution >= 0.6 is 11.3 Å². The van der Waals surface area contributed by atoms with Gasteiger partial charge in [-0.1, -0.05) is 30.3 Å². The van der Waals surface area contributed by atoms with E-state index in [0.717, 1.165) is 31.5 Å². The predicted octanol–water partition coefficient (Wildman–Crippen LogP) is 3.76. The summed E-state index contributed by atoms with van der Waals surface area (Å²) in [5.41, 5.74) is 1.02. The lowest BCUT2D eigenvalue weighted by Crippen LogP contribution is -2.38. The van der Waals surface area contributed by atoms with Crippen LogP contribution in [0.25, 0.3) is 0 Å². The maximum Gasteiger partial charge on any atom is 0.224 e. The molecule has 27 heavy (non-hydrogen) atoms. The van der Waals surface area contributed by atoms with Crippen molar-refractivity contribution >= 4 is 17.2 Å². The van der Waals surface area contributed by atoms with Gasteiger partial charge in [-0.15, -0.1) is 21.5 Å². The van der Waals surface area contributed by atoms with Gasteiger partial charge in [-0.25, -0.2) is 4.98 Å². The van der Waals surface area contributed by atoms with Crippen molar-refractivity contribution in [2.45, 2.75) is 38.0 Å². The van der Waals surface area contributed by atoms with Gasteiger partial charge in [0.1, 0.15) is 0 Å². The van der Waals surface area contributed by atoms with E-state index in [1.807, 2.05) is 46.8 Å². The zero-order valence-electron chi connectivity index (χ0n) is 15.2. The highest BCUT2D eigenvalue weighted by atomic mass is 32.1. The highest BCUT2D eigenvalue weighted by molar-refractivity contribution is 7.09. The van der Waals surface area contributed by atoms with Crippen LogP contribution in [0.1, 0.15) is 53.5 Å². The summed E-state index contributed by atoms with van der Waals surface area (Å²) in [5, 5.41) is 11.3. The van der Waals surface area contributed by atoms with E-state index >= 15 is 0 Å². The quantitative estimate of drug-likeness (QED) is 0.672. The van der Waals surface area contributed by atoms with E-state index in [0.29, 0.717) is 24.1 Å².